The van der Waals surface area contributed by atoms with Crippen LogP contribution in [0.2, 0.25) is 5.02 Å². The molecule has 1 N–H and O–H groups in total. The van der Waals surface area contributed by atoms with E-state index in [0.717, 1.165) is 57.6 Å². The van der Waals surface area contributed by atoms with Crippen molar-refractivity contribution < 1.29 is 9.47 Å². The second-order valence-electron chi connectivity index (χ2n) is 7.32. The summed E-state index contributed by atoms with van der Waals surface area (Å²) in [7, 11) is 1.85. The average molecular weight is 395 g/mol. The molecule has 0 radical (unpaired) electrons. The van der Waals surface area contributed by atoms with Crippen LogP contribution >= 0.6 is 11.6 Å². The smallest absolute Gasteiger partial charge is 0.193 e. The van der Waals surface area contributed by atoms with Crippen LogP contribution in [0.3, 0.4) is 0 Å². The summed E-state index contributed by atoms with van der Waals surface area (Å²) < 4.78 is 11.4. The van der Waals surface area contributed by atoms with Crippen molar-refractivity contribution in [2.24, 2.45) is 10.9 Å². The van der Waals surface area contributed by atoms with Gasteiger partial charge in [0.15, 0.2) is 5.96 Å². The number of ether oxygens (including phenoxy) is 2. The summed E-state index contributed by atoms with van der Waals surface area (Å²) in [5, 5.41) is 4.18. The number of benzene rings is 1. The maximum Gasteiger partial charge on any atom is 0.193 e. The van der Waals surface area contributed by atoms with Gasteiger partial charge >= 0.3 is 0 Å². The average Bonchev–Trinajstić information content (AvgIpc) is 3.13. The molecule has 0 bridgehead atoms. The molecule has 2 fully saturated rings. The standard InChI is InChI=1S/C20H31ClN4O2/c1-16(27-19-5-3-18(21)4-6-19)13-23-20(22-2)25-8-7-17(15-25)14-24-9-11-26-12-10-24/h3-6,16-17H,7-15H2,1-2H3,(H,22,23). The molecule has 2 unspecified atom stereocenters. The largest absolute Gasteiger partial charge is 0.489 e. The van der Waals surface area contributed by atoms with E-state index in [1.165, 1.54) is 6.42 Å². The molecule has 0 saturated carbocycles. The Kier molecular flexibility index (Phi) is 7.61. The van der Waals surface area contributed by atoms with Gasteiger partial charge in [0.1, 0.15) is 11.9 Å². The molecule has 1 aromatic carbocycles. The Morgan fingerprint density at radius 2 is 2.04 bits per heavy atom. The number of hydrogen-bond donors (Lipinski definition) is 1. The van der Waals surface area contributed by atoms with Gasteiger partial charge in [-0.05, 0) is 43.5 Å². The lowest BCUT2D eigenvalue weighted by Gasteiger charge is -2.29. The van der Waals surface area contributed by atoms with Crippen molar-refractivity contribution in [3.63, 3.8) is 0 Å². The highest BCUT2D eigenvalue weighted by molar-refractivity contribution is 6.30. The van der Waals surface area contributed by atoms with E-state index in [1.54, 1.807) is 0 Å². The van der Waals surface area contributed by atoms with E-state index in [2.05, 4.69) is 27.0 Å². The first-order valence-electron chi connectivity index (χ1n) is 9.82. The van der Waals surface area contributed by atoms with Gasteiger partial charge in [0.2, 0.25) is 0 Å². The number of nitrogens with one attached hydrogen (secondary N) is 1. The highest BCUT2D eigenvalue weighted by Gasteiger charge is 2.27. The maximum absolute atomic E-state index is 5.94. The first-order chi connectivity index (χ1) is 13.1. The van der Waals surface area contributed by atoms with Crippen molar-refractivity contribution in [2.75, 3.05) is 59.5 Å². The van der Waals surface area contributed by atoms with Crippen molar-refractivity contribution in [1.29, 1.82) is 0 Å². The fraction of sp³-hybridized carbons (Fsp3) is 0.650. The van der Waals surface area contributed by atoms with Crippen LogP contribution < -0.4 is 10.1 Å². The molecule has 2 atom stereocenters. The first-order valence-corrected chi connectivity index (χ1v) is 10.2. The van der Waals surface area contributed by atoms with E-state index in [1.807, 2.05) is 31.3 Å². The second kappa shape index (κ2) is 10.2. The minimum atomic E-state index is 0.0367. The molecule has 6 nitrogen and oxygen atoms in total. The molecule has 1 aromatic rings. The summed E-state index contributed by atoms with van der Waals surface area (Å²) in [4.78, 5) is 9.35. The van der Waals surface area contributed by atoms with Crippen molar-refractivity contribution in [3.8, 4) is 5.75 Å². The zero-order valence-corrected chi connectivity index (χ0v) is 17.1. The number of aliphatic imine (C=N–C) groups is 1. The molecule has 0 spiro atoms. The minimum absolute atomic E-state index is 0.0367. The maximum atomic E-state index is 5.94. The van der Waals surface area contributed by atoms with Gasteiger partial charge < -0.3 is 19.7 Å². The molecular weight excluding hydrogens is 364 g/mol. The zero-order valence-electron chi connectivity index (χ0n) is 16.4. The molecule has 3 rings (SSSR count). The van der Waals surface area contributed by atoms with Crippen molar-refractivity contribution in [2.45, 2.75) is 19.4 Å². The van der Waals surface area contributed by atoms with E-state index in [4.69, 9.17) is 21.1 Å². The molecule has 0 amide bonds. The van der Waals surface area contributed by atoms with Gasteiger partial charge in [-0.2, -0.15) is 0 Å². The van der Waals surface area contributed by atoms with Gasteiger partial charge in [0.05, 0.1) is 19.8 Å². The van der Waals surface area contributed by atoms with E-state index >= 15 is 0 Å². The SMILES string of the molecule is CN=C(NCC(C)Oc1ccc(Cl)cc1)N1CCC(CN2CCOCC2)C1. The summed E-state index contributed by atoms with van der Waals surface area (Å²) in [6.07, 6.45) is 1.25. The van der Waals surface area contributed by atoms with Gasteiger partial charge in [-0.3, -0.25) is 9.89 Å². The second-order valence-corrected chi connectivity index (χ2v) is 7.76. The topological polar surface area (TPSA) is 49.3 Å². The third-order valence-corrected chi connectivity index (χ3v) is 5.37. The molecule has 2 aliphatic rings. The van der Waals surface area contributed by atoms with Crippen molar-refractivity contribution in [3.05, 3.63) is 29.3 Å². The Bertz CT molecular complexity index is 605. The molecular formula is C20H31ClN4O2. The number of hydrogen-bond acceptors (Lipinski definition) is 4. The van der Waals surface area contributed by atoms with Crippen LogP contribution in [0.5, 0.6) is 5.75 Å². The lowest BCUT2D eigenvalue weighted by Crippen LogP contribution is -2.44. The van der Waals surface area contributed by atoms with Crippen LogP contribution in [0.1, 0.15) is 13.3 Å². The number of likely N-dealkylation sites (tertiary alicyclic amines) is 1. The van der Waals surface area contributed by atoms with E-state index < -0.39 is 0 Å². The van der Waals surface area contributed by atoms with Gasteiger partial charge in [-0.15, -0.1) is 0 Å². The molecule has 7 heteroatoms. The summed E-state index contributed by atoms with van der Waals surface area (Å²) in [5.41, 5.74) is 0. The molecule has 2 aliphatic heterocycles. The monoisotopic (exact) mass is 394 g/mol. The van der Waals surface area contributed by atoms with Crippen LogP contribution in [-0.4, -0.2) is 81.4 Å². The third kappa shape index (κ3) is 6.26. The summed E-state index contributed by atoms with van der Waals surface area (Å²) in [6, 6.07) is 7.47. The van der Waals surface area contributed by atoms with Crippen molar-refractivity contribution >= 4 is 17.6 Å². The van der Waals surface area contributed by atoms with E-state index in [-0.39, 0.29) is 6.10 Å². The fourth-order valence-corrected chi connectivity index (χ4v) is 3.80. The predicted molar refractivity (Wildman–Crippen MR) is 110 cm³/mol. The zero-order chi connectivity index (χ0) is 19.1. The highest BCUT2D eigenvalue weighted by Crippen LogP contribution is 2.19. The van der Waals surface area contributed by atoms with Gasteiger partial charge in [0, 0.05) is 44.8 Å². The summed E-state index contributed by atoms with van der Waals surface area (Å²) in [6.45, 7) is 9.89. The van der Waals surface area contributed by atoms with Crippen molar-refractivity contribution in [1.82, 2.24) is 15.1 Å². The first kappa shape index (κ1) is 20.2. The quantitative estimate of drug-likeness (QED) is 0.592. The molecule has 0 aliphatic carbocycles. The molecule has 27 heavy (non-hydrogen) atoms. The van der Waals surface area contributed by atoms with Gasteiger partial charge in [-0.1, -0.05) is 11.6 Å². The highest BCUT2D eigenvalue weighted by atomic mass is 35.5. The molecule has 2 heterocycles. The number of halogens is 1. The molecule has 150 valence electrons. The van der Waals surface area contributed by atoms with Crippen LogP contribution in [0.4, 0.5) is 0 Å². The molecule has 2 saturated heterocycles. The van der Waals surface area contributed by atoms with E-state index in [9.17, 15) is 0 Å². The summed E-state index contributed by atoms with van der Waals surface area (Å²) in [5.74, 6) is 2.49. The van der Waals surface area contributed by atoms with Crippen LogP contribution in [0, 0.1) is 5.92 Å². The van der Waals surface area contributed by atoms with Crippen LogP contribution in [-0.2, 0) is 4.74 Å². The Labute approximate surface area is 167 Å². The predicted octanol–water partition coefficient (Wildman–Crippen LogP) is 2.34. The van der Waals surface area contributed by atoms with Gasteiger partial charge in [-0.25, -0.2) is 0 Å². The third-order valence-electron chi connectivity index (χ3n) is 5.12. The lowest BCUT2D eigenvalue weighted by molar-refractivity contribution is 0.0315. The Balaban J connectivity index is 1.41. The van der Waals surface area contributed by atoms with E-state index in [0.29, 0.717) is 17.5 Å². The Morgan fingerprint density at radius 3 is 2.74 bits per heavy atom. The van der Waals surface area contributed by atoms with Crippen LogP contribution in [0.25, 0.3) is 0 Å². The number of rotatable bonds is 6. The number of nitrogens with zero attached hydrogens (tertiary/aromatic N) is 3. The fourth-order valence-electron chi connectivity index (χ4n) is 3.68. The molecule has 0 aromatic heterocycles. The number of morpholine rings is 1. The minimum Gasteiger partial charge on any atom is -0.489 e. The Morgan fingerprint density at radius 1 is 1.30 bits per heavy atom. The number of guanidine groups is 1. The summed E-state index contributed by atoms with van der Waals surface area (Å²) >= 11 is 5.92. The normalized spacial score (nSPS) is 22.7. The van der Waals surface area contributed by atoms with Gasteiger partial charge in [0.25, 0.3) is 0 Å². The Hall–Kier alpha value is -1.50. The lowest BCUT2D eigenvalue weighted by atomic mass is 10.1. The van der Waals surface area contributed by atoms with Crippen LogP contribution in [0.15, 0.2) is 29.3 Å².